The Morgan fingerprint density at radius 2 is 1.87 bits per heavy atom. The molecule has 1 heterocycles. The summed E-state index contributed by atoms with van der Waals surface area (Å²) < 4.78 is 22.5. The van der Waals surface area contributed by atoms with Gasteiger partial charge in [0.25, 0.3) is 0 Å². The second-order valence-electron chi connectivity index (χ2n) is 7.80. The highest BCUT2D eigenvalue weighted by Gasteiger charge is 2.21. The van der Waals surface area contributed by atoms with Crippen molar-refractivity contribution in [3.05, 3.63) is 54.6 Å². The minimum atomic E-state index is -0.125. The van der Waals surface area contributed by atoms with Crippen LogP contribution in [0.4, 0.5) is 0 Å². The van der Waals surface area contributed by atoms with E-state index in [1.54, 1.807) is 6.07 Å². The molecule has 1 aliphatic rings. The minimum Gasteiger partial charge on any atom is -0.493 e. The molecule has 3 aromatic rings. The van der Waals surface area contributed by atoms with Crippen molar-refractivity contribution in [3.8, 4) is 34.5 Å². The van der Waals surface area contributed by atoms with Crippen molar-refractivity contribution in [1.29, 1.82) is 0 Å². The molecule has 0 radical (unpaired) electrons. The predicted octanol–water partition coefficient (Wildman–Crippen LogP) is 4.83. The Morgan fingerprint density at radius 1 is 1.10 bits per heavy atom. The number of carbonyl (C=O) groups excluding carboxylic acids is 1. The molecule has 0 bridgehead atoms. The van der Waals surface area contributed by atoms with Crippen LogP contribution in [0, 0.1) is 5.92 Å². The summed E-state index contributed by atoms with van der Waals surface area (Å²) >= 11 is 0. The molecule has 0 spiro atoms. The van der Waals surface area contributed by atoms with Crippen molar-refractivity contribution in [3.63, 3.8) is 0 Å². The molecule has 31 heavy (non-hydrogen) atoms. The van der Waals surface area contributed by atoms with E-state index in [-0.39, 0.29) is 11.9 Å². The van der Waals surface area contributed by atoms with Gasteiger partial charge in [-0.1, -0.05) is 11.2 Å². The van der Waals surface area contributed by atoms with Gasteiger partial charge in [-0.3, -0.25) is 4.79 Å². The number of amides is 1. The Bertz CT molecular complexity index is 1010. The Morgan fingerprint density at radius 3 is 2.61 bits per heavy atom. The zero-order valence-electron chi connectivity index (χ0n) is 17.7. The normalized spacial score (nSPS) is 14.0. The van der Waals surface area contributed by atoms with Crippen LogP contribution in [0.2, 0.25) is 0 Å². The van der Waals surface area contributed by atoms with E-state index in [9.17, 15) is 4.79 Å². The number of hydrogen-bond acceptors (Lipinski definition) is 6. The Balaban J connectivity index is 1.32. The van der Waals surface area contributed by atoms with Gasteiger partial charge in [0.1, 0.15) is 29.5 Å². The van der Waals surface area contributed by atoms with Gasteiger partial charge in [0.2, 0.25) is 5.91 Å². The molecule has 1 unspecified atom stereocenters. The van der Waals surface area contributed by atoms with Gasteiger partial charge in [0, 0.05) is 18.6 Å². The van der Waals surface area contributed by atoms with Crippen LogP contribution >= 0.6 is 0 Å². The van der Waals surface area contributed by atoms with E-state index in [2.05, 4.69) is 10.5 Å². The van der Waals surface area contributed by atoms with Crippen LogP contribution in [0.5, 0.6) is 23.2 Å². The molecular formula is C24H26N2O5. The second kappa shape index (κ2) is 9.55. The van der Waals surface area contributed by atoms with E-state index >= 15 is 0 Å². The second-order valence-corrected chi connectivity index (χ2v) is 7.80. The van der Waals surface area contributed by atoms with Crippen LogP contribution in [0.25, 0.3) is 11.3 Å². The highest BCUT2D eigenvalue weighted by atomic mass is 16.6. The van der Waals surface area contributed by atoms with Gasteiger partial charge in [-0.15, -0.1) is 0 Å². The Hall–Kier alpha value is -3.48. The molecule has 1 aromatic heterocycles. The van der Waals surface area contributed by atoms with Crippen LogP contribution in [-0.2, 0) is 4.79 Å². The van der Waals surface area contributed by atoms with E-state index in [0.29, 0.717) is 29.9 Å². The summed E-state index contributed by atoms with van der Waals surface area (Å²) in [6, 6.07) is 16.8. The number of nitrogens with one attached hydrogen (secondary N) is 1. The first-order chi connectivity index (χ1) is 15.0. The topological polar surface area (TPSA) is 82.8 Å². The molecule has 7 heteroatoms. The van der Waals surface area contributed by atoms with Crippen molar-refractivity contribution in [1.82, 2.24) is 10.5 Å². The first kappa shape index (κ1) is 20.8. The fraction of sp³-hybridized carbons (Fsp3) is 0.333. The van der Waals surface area contributed by atoms with Crippen LogP contribution in [-0.4, -0.2) is 30.3 Å². The monoisotopic (exact) mass is 422 g/mol. The van der Waals surface area contributed by atoms with Crippen LogP contribution in [0.1, 0.15) is 26.7 Å². The molecular weight excluding hydrogens is 396 g/mol. The lowest BCUT2D eigenvalue weighted by Crippen LogP contribution is -2.35. The summed E-state index contributed by atoms with van der Waals surface area (Å²) in [6.07, 6.45) is 2.52. The van der Waals surface area contributed by atoms with Crippen molar-refractivity contribution in [2.24, 2.45) is 5.92 Å². The summed E-state index contributed by atoms with van der Waals surface area (Å²) in [5, 5.41) is 6.79. The highest BCUT2D eigenvalue weighted by Crippen LogP contribution is 2.31. The average molecular weight is 422 g/mol. The number of hydrogen-bond donors (Lipinski definition) is 1. The van der Waals surface area contributed by atoms with Gasteiger partial charge in [-0.2, -0.15) is 0 Å². The number of aromatic nitrogens is 1. The zero-order valence-corrected chi connectivity index (χ0v) is 17.7. The fourth-order valence-corrected chi connectivity index (χ4v) is 3.01. The number of rotatable bonds is 10. The average Bonchev–Trinajstić information content (AvgIpc) is 3.47. The van der Waals surface area contributed by atoms with E-state index in [1.165, 1.54) is 19.8 Å². The Kier molecular flexibility index (Phi) is 6.40. The van der Waals surface area contributed by atoms with Gasteiger partial charge in [-0.25, -0.2) is 0 Å². The lowest BCUT2D eigenvalue weighted by atomic mass is 10.1. The molecule has 4 rings (SSSR count). The van der Waals surface area contributed by atoms with E-state index in [0.717, 1.165) is 23.7 Å². The zero-order chi connectivity index (χ0) is 21.6. The molecule has 1 fully saturated rings. The third-order valence-electron chi connectivity index (χ3n) is 4.79. The summed E-state index contributed by atoms with van der Waals surface area (Å²) in [5.41, 5.74) is 1.53. The molecule has 2 aromatic carbocycles. The molecule has 0 saturated heterocycles. The van der Waals surface area contributed by atoms with Crippen molar-refractivity contribution in [2.75, 3.05) is 13.2 Å². The summed E-state index contributed by atoms with van der Waals surface area (Å²) in [5.74, 6) is 3.17. The van der Waals surface area contributed by atoms with Gasteiger partial charge in [0.05, 0.1) is 18.7 Å². The maximum Gasteiger partial charge on any atom is 0.311 e. The lowest BCUT2D eigenvalue weighted by Gasteiger charge is -2.11. The first-order valence-corrected chi connectivity index (χ1v) is 10.4. The first-order valence-electron chi connectivity index (χ1n) is 10.4. The van der Waals surface area contributed by atoms with Gasteiger partial charge in [-0.05, 0) is 62.1 Å². The molecule has 1 amide bonds. The number of nitrogens with zero attached hydrogens (tertiary/aromatic N) is 1. The smallest absolute Gasteiger partial charge is 0.311 e. The third-order valence-corrected chi connectivity index (χ3v) is 4.79. The number of ether oxygens (including phenoxy) is 3. The Labute approximate surface area is 181 Å². The molecule has 1 atom stereocenters. The molecule has 7 nitrogen and oxygen atoms in total. The van der Waals surface area contributed by atoms with Crippen LogP contribution in [0.3, 0.4) is 0 Å². The molecule has 0 aliphatic heterocycles. The van der Waals surface area contributed by atoms with E-state index in [4.69, 9.17) is 18.7 Å². The molecule has 162 valence electrons. The third kappa shape index (κ3) is 6.25. The molecule has 1 N–H and O–H groups in total. The van der Waals surface area contributed by atoms with Gasteiger partial charge in [0.15, 0.2) is 0 Å². The largest absolute Gasteiger partial charge is 0.493 e. The van der Waals surface area contributed by atoms with E-state index in [1.807, 2.05) is 55.5 Å². The van der Waals surface area contributed by atoms with Crippen LogP contribution < -0.4 is 19.5 Å². The van der Waals surface area contributed by atoms with Crippen molar-refractivity contribution in [2.45, 2.75) is 32.7 Å². The maximum absolute atomic E-state index is 11.1. The van der Waals surface area contributed by atoms with E-state index < -0.39 is 0 Å². The van der Waals surface area contributed by atoms with Crippen molar-refractivity contribution < 1.29 is 23.5 Å². The predicted molar refractivity (Wildman–Crippen MR) is 115 cm³/mol. The highest BCUT2D eigenvalue weighted by molar-refractivity contribution is 5.73. The van der Waals surface area contributed by atoms with Crippen molar-refractivity contribution >= 4 is 5.91 Å². The minimum absolute atomic E-state index is 0.103. The number of carbonyl (C=O) groups is 1. The summed E-state index contributed by atoms with van der Waals surface area (Å²) in [7, 11) is 0. The van der Waals surface area contributed by atoms with Crippen LogP contribution in [0.15, 0.2) is 59.1 Å². The quantitative estimate of drug-likeness (QED) is 0.504. The SMILES string of the molecule is CC(=O)NC(C)COc1cc(-c2ccc(Oc3cccc(OCC4CC4)c3)cc2)no1. The summed E-state index contributed by atoms with van der Waals surface area (Å²) in [4.78, 5) is 11.1. The standard InChI is InChI=1S/C24H26N2O5/c1-16(25-17(2)27)14-29-24-13-23(26-31-24)19-8-10-20(11-9-19)30-22-5-3-4-21(12-22)28-15-18-6-7-18/h3-5,8-13,16,18H,6-7,14-15H2,1-2H3,(H,25,27). The maximum atomic E-state index is 11.1. The molecule has 1 aliphatic carbocycles. The summed E-state index contributed by atoms with van der Waals surface area (Å²) in [6.45, 7) is 4.39. The lowest BCUT2D eigenvalue weighted by molar-refractivity contribution is -0.119. The molecule has 1 saturated carbocycles. The van der Waals surface area contributed by atoms with Gasteiger partial charge < -0.3 is 24.1 Å². The fourth-order valence-electron chi connectivity index (χ4n) is 3.01. The number of benzene rings is 2. The van der Waals surface area contributed by atoms with Gasteiger partial charge >= 0.3 is 5.95 Å².